The highest BCUT2D eigenvalue weighted by atomic mass is 16.3. The third-order valence-electron chi connectivity index (χ3n) is 8.28. The number of carbonyl (C=O) groups excluding carboxylic acids is 2. The van der Waals surface area contributed by atoms with Crippen molar-refractivity contribution in [2.24, 2.45) is 58.2 Å². The Morgan fingerprint density at radius 1 is 1.12 bits per heavy atom. The number of carbonyl (C=O) groups is 2. The van der Waals surface area contributed by atoms with Gasteiger partial charge in [-0.05, 0) is 80.1 Å². The summed E-state index contributed by atoms with van der Waals surface area (Å²) in [5.41, 5.74) is 13.8. The maximum absolute atomic E-state index is 13.5. The number of hydrogen-bond donors (Lipinski definition) is 2. The minimum atomic E-state index is -0.896. The number of azide groups is 1. The SMILES string of the molecule is [N-]=[N+]=N[C@H](C(=O)C1[C@H]2C[C@H]2C[C@H]1C(N)=O)C1C2CC3CC(C2)CC1(O)C3. The summed E-state index contributed by atoms with van der Waals surface area (Å²) in [6, 6.07) is -0.860. The fourth-order valence-corrected chi connectivity index (χ4v) is 7.60. The van der Waals surface area contributed by atoms with Crippen molar-refractivity contribution in [2.75, 3.05) is 0 Å². The molecule has 4 unspecified atom stereocenters. The fraction of sp³-hybridized carbons (Fsp3) is 0.895. The van der Waals surface area contributed by atoms with Gasteiger partial charge in [-0.2, -0.15) is 0 Å². The third-order valence-corrected chi connectivity index (χ3v) is 8.28. The quantitative estimate of drug-likeness (QED) is 0.444. The van der Waals surface area contributed by atoms with Crippen molar-refractivity contribution in [2.45, 2.75) is 56.6 Å². The van der Waals surface area contributed by atoms with Crippen molar-refractivity contribution >= 4 is 11.7 Å². The summed E-state index contributed by atoms with van der Waals surface area (Å²) < 4.78 is 0. The van der Waals surface area contributed by atoms with Crippen LogP contribution in [0.1, 0.15) is 44.9 Å². The molecule has 3 N–H and O–H groups in total. The first kappa shape index (κ1) is 16.6. The van der Waals surface area contributed by atoms with Crippen LogP contribution in [0.15, 0.2) is 5.11 Å². The number of ketones is 1. The molecule has 7 heteroatoms. The van der Waals surface area contributed by atoms with Gasteiger partial charge in [-0.3, -0.25) is 9.59 Å². The minimum absolute atomic E-state index is 0.137. The number of primary amides is 1. The van der Waals surface area contributed by atoms with Gasteiger partial charge in [0, 0.05) is 22.7 Å². The van der Waals surface area contributed by atoms with Gasteiger partial charge in [-0.1, -0.05) is 5.11 Å². The molecule has 0 heterocycles. The van der Waals surface area contributed by atoms with E-state index in [1.165, 1.54) is 6.42 Å². The monoisotopic (exact) mass is 358 g/mol. The van der Waals surface area contributed by atoms with Crippen LogP contribution < -0.4 is 5.73 Å². The first-order chi connectivity index (χ1) is 12.4. The second-order valence-corrected chi connectivity index (χ2v) is 9.72. The molecule has 6 saturated carbocycles. The summed E-state index contributed by atoms with van der Waals surface area (Å²) in [6.07, 6.45) is 6.29. The lowest BCUT2D eigenvalue weighted by atomic mass is 9.48. The van der Waals surface area contributed by atoms with Crippen molar-refractivity contribution in [1.82, 2.24) is 0 Å². The largest absolute Gasteiger partial charge is 0.390 e. The molecule has 26 heavy (non-hydrogen) atoms. The van der Waals surface area contributed by atoms with E-state index in [1.807, 2.05) is 0 Å². The van der Waals surface area contributed by atoms with Crippen LogP contribution >= 0.6 is 0 Å². The number of nitrogens with two attached hydrogens (primary N) is 1. The molecule has 0 aromatic carbocycles. The normalized spacial score (nSPS) is 51.4. The van der Waals surface area contributed by atoms with E-state index in [4.69, 9.17) is 11.3 Å². The van der Waals surface area contributed by atoms with Crippen LogP contribution in [-0.4, -0.2) is 28.4 Å². The van der Waals surface area contributed by atoms with Crippen LogP contribution in [0.4, 0.5) is 0 Å². The standard InChI is InChI=1S/C19H26N4O3/c20-18(25)13-5-10-4-12(10)14(13)17(24)16(22-23-21)15-11-2-8-1-9(3-11)7-19(15,26)6-8/h8-16,26H,1-7H2,(H2,20,25)/t8?,9?,10-,11?,12-,13+,14?,15?,16-,19?/m0/s1. The predicted octanol–water partition coefficient (Wildman–Crippen LogP) is 2.18. The highest BCUT2D eigenvalue weighted by Crippen LogP contribution is 2.62. The summed E-state index contributed by atoms with van der Waals surface area (Å²) in [6.45, 7) is 0. The Morgan fingerprint density at radius 2 is 1.81 bits per heavy atom. The average Bonchev–Trinajstić information content (AvgIpc) is 3.21. The molecule has 6 aliphatic carbocycles. The molecule has 7 nitrogen and oxygen atoms in total. The van der Waals surface area contributed by atoms with Gasteiger partial charge >= 0.3 is 0 Å². The van der Waals surface area contributed by atoms with E-state index >= 15 is 0 Å². The molecule has 4 bridgehead atoms. The Hall–Kier alpha value is -1.59. The maximum Gasteiger partial charge on any atom is 0.221 e. The van der Waals surface area contributed by atoms with Crippen molar-refractivity contribution in [3.63, 3.8) is 0 Å². The number of nitrogens with zero attached hydrogens (tertiary/aromatic N) is 3. The Labute approximate surface area is 152 Å². The summed E-state index contributed by atoms with van der Waals surface area (Å²) in [5, 5.41) is 15.3. The van der Waals surface area contributed by atoms with Crippen molar-refractivity contribution < 1.29 is 14.7 Å². The number of aliphatic hydroxyl groups is 1. The molecule has 0 radical (unpaired) electrons. The molecule has 140 valence electrons. The number of rotatable bonds is 5. The van der Waals surface area contributed by atoms with Crippen molar-refractivity contribution in [3.8, 4) is 0 Å². The number of amides is 1. The molecule has 0 spiro atoms. The van der Waals surface area contributed by atoms with Crippen molar-refractivity contribution in [1.29, 1.82) is 0 Å². The predicted molar refractivity (Wildman–Crippen MR) is 92.3 cm³/mol. The van der Waals surface area contributed by atoms with Crippen LogP contribution in [0.25, 0.3) is 10.4 Å². The summed E-state index contributed by atoms with van der Waals surface area (Å²) in [4.78, 5) is 28.3. The van der Waals surface area contributed by atoms with Crippen molar-refractivity contribution in [3.05, 3.63) is 10.4 Å². The first-order valence-corrected chi connectivity index (χ1v) is 10.0. The molecule has 0 aromatic heterocycles. The fourth-order valence-electron chi connectivity index (χ4n) is 7.60. The van der Waals surface area contributed by atoms with Gasteiger partial charge in [0.15, 0.2) is 0 Å². The number of fused-ring (bicyclic) bond motifs is 1. The smallest absolute Gasteiger partial charge is 0.221 e. The lowest BCUT2D eigenvalue weighted by Crippen LogP contribution is -2.62. The van der Waals surface area contributed by atoms with E-state index in [2.05, 4.69) is 10.0 Å². The Morgan fingerprint density at radius 3 is 2.38 bits per heavy atom. The van der Waals surface area contributed by atoms with E-state index < -0.39 is 29.4 Å². The molecule has 0 saturated heterocycles. The van der Waals surface area contributed by atoms with E-state index in [9.17, 15) is 14.7 Å². The summed E-state index contributed by atoms with van der Waals surface area (Å²) >= 11 is 0. The molecule has 6 fully saturated rings. The zero-order valence-corrected chi connectivity index (χ0v) is 14.8. The molecule has 6 rings (SSSR count). The average molecular weight is 358 g/mol. The zero-order chi connectivity index (χ0) is 18.2. The highest BCUT2D eigenvalue weighted by Gasteiger charge is 2.63. The molecule has 0 aliphatic heterocycles. The second kappa shape index (κ2) is 5.46. The van der Waals surface area contributed by atoms with Gasteiger partial charge in [0.05, 0.1) is 5.60 Å². The van der Waals surface area contributed by atoms with Gasteiger partial charge < -0.3 is 10.8 Å². The van der Waals surface area contributed by atoms with Gasteiger partial charge in [-0.15, -0.1) is 0 Å². The van der Waals surface area contributed by atoms with Crippen LogP contribution in [0.5, 0.6) is 0 Å². The third kappa shape index (κ3) is 2.26. The van der Waals surface area contributed by atoms with Crippen LogP contribution in [0.3, 0.4) is 0 Å². The molecule has 6 aliphatic rings. The summed E-state index contributed by atoms with van der Waals surface area (Å²) in [7, 11) is 0. The number of Topliss-reactive ketones (excluding diaryl/α,β-unsaturated/α-hetero) is 1. The lowest BCUT2D eigenvalue weighted by Gasteiger charge is -2.60. The Bertz CT molecular complexity index is 704. The molecule has 0 aromatic rings. The molecular weight excluding hydrogens is 332 g/mol. The lowest BCUT2D eigenvalue weighted by molar-refractivity contribution is -0.181. The zero-order valence-electron chi connectivity index (χ0n) is 14.8. The topological polar surface area (TPSA) is 129 Å². The summed E-state index contributed by atoms with van der Waals surface area (Å²) in [5.74, 6) is 0.225. The Balaban J connectivity index is 1.48. The number of hydrogen-bond acceptors (Lipinski definition) is 4. The van der Waals surface area contributed by atoms with Gasteiger partial charge in [0.25, 0.3) is 0 Å². The second-order valence-electron chi connectivity index (χ2n) is 9.72. The molecule has 1 amide bonds. The maximum atomic E-state index is 13.5. The van der Waals surface area contributed by atoms with E-state index in [-0.39, 0.29) is 23.5 Å². The first-order valence-electron chi connectivity index (χ1n) is 10.0. The van der Waals surface area contributed by atoms with Gasteiger partial charge in [-0.25, -0.2) is 0 Å². The molecule has 8 atom stereocenters. The van der Waals surface area contributed by atoms with Crippen LogP contribution in [0.2, 0.25) is 0 Å². The van der Waals surface area contributed by atoms with E-state index in [0.29, 0.717) is 37.0 Å². The van der Waals surface area contributed by atoms with E-state index in [1.54, 1.807) is 0 Å². The van der Waals surface area contributed by atoms with Crippen LogP contribution in [-0.2, 0) is 9.59 Å². The van der Waals surface area contributed by atoms with Crippen LogP contribution in [0, 0.1) is 47.3 Å². The minimum Gasteiger partial charge on any atom is -0.390 e. The molecular formula is C19H26N4O3. The Kier molecular flexibility index (Phi) is 3.48. The highest BCUT2D eigenvalue weighted by molar-refractivity contribution is 5.93. The van der Waals surface area contributed by atoms with E-state index in [0.717, 1.165) is 19.3 Å². The van der Waals surface area contributed by atoms with Gasteiger partial charge in [0.1, 0.15) is 11.8 Å². The van der Waals surface area contributed by atoms with Gasteiger partial charge in [0.2, 0.25) is 5.91 Å².